The third kappa shape index (κ3) is 2.05. The third-order valence-electron chi connectivity index (χ3n) is 3.79. The van der Waals surface area contributed by atoms with Crippen molar-refractivity contribution < 1.29 is 0 Å². The summed E-state index contributed by atoms with van der Waals surface area (Å²) in [5, 5.41) is 0. The van der Waals surface area contributed by atoms with E-state index in [2.05, 4.69) is 11.8 Å². The molecule has 2 heteroatoms. The molecule has 1 heterocycles. The molecular weight excluding hydrogens is 160 g/mol. The highest BCUT2D eigenvalue weighted by Crippen LogP contribution is 2.31. The Morgan fingerprint density at radius 1 is 1.31 bits per heavy atom. The fourth-order valence-corrected chi connectivity index (χ4v) is 2.81. The number of likely N-dealkylation sites (tertiary alicyclic amines) is 1. The SMILES string of the molecule is CCC1CCCC(N2CC(N)C2)C1. The predicted molar refractivity (Wildman–Crippen MR) is 55.6 cm³/mol. The fourth-order valence-electron chi connectivity index (χ4n) is 2.81. The summed E-state index contributed by atoms with van der Waals surface area (Å²) >= 11 is 0. The van der Waals surface area contributed by atoms with Crippen LogP contribution < -0.4 is 5.73 Å². The summed E-state index contributed by atoms with van der Waals surface area (Å²) in [4.78, 5) is 2.59. The average molecular weight is 182 g/mol. The maximum atomic E-state index is 5.80. The molecule has 0 aromatic rings. The molecule has 1 aliphatic heterocycles. The van der Waals surface area contributed by atoms with Gasteiger partial charge in [0.2, 0.25) is 0 Å². The Kier molecular flexibility index (Phi) is 2.89. The van der Waals surface area contributed by atoms with Crippen LogP contribution in [0.25, 0.3) is 0 Å². The van der Waals surface area contributed by atoms with Gasteiger partial charge >= 0.3 is 0 Å². The summed E-state index contributed by atoms with van der Waals surface area (Å²) in [5.41, 5.74) is 5.80. The molecule has 0 bridgehead atoms. The summed E-state index contributed by atoms with van der Waals surface area (Å²) in [6.45, 7) is 4.64. The molecular formula is C11H22N2. The van der Waals surface area contributed by atoms with Gasteiger partial charge < -0.3 is 5.73 Å². The molecule has 0 spiro atoms. The molecule has 2 unspecified atom stereocenters. The van der Waals surface area contributed by atoms with Crippen LogP contribution >= 0.6 is 0 Å². The van der Waals surface area contributed by atoms with E-state index < -0.39 is 0 Å². The summed E-state index contributed by atoms with van der Waals surface area (Å²) in [6, 6.07) is 1.35. The van der Waals surface area contributed by atoms with Crippen LogP contribution in [-0.4, -0.2) is 30.1 Å². The maximum absolute atomic E-state index is 5.80. The van der Waals surface area contributed by atoms with Crippen molar-refractivity contribution in [3.05, 3.63) is 0 Å². The van der Waals surface area contributed by atoms with Gasteiger partial charge in [-0.3, -0.25) is 4.90 Å². The minimum atomic E-state index is 0.474. The van der Waals surface area contributed by atoms with Crippen LogP contribution in [-0.2, 0) is 0 Å². The first-order valence-electron chi connectivity index (χ1n) is 5.79. The molecule has 2 N–H and O–H groups in total. The molecule has 2 nitrogen and oxygen atoms in total. The van der Waals surface area contributed by atoms with E-state index in [-0.39, 0.29) is 0 Å². The number of hydrogen-bond donors (Lipinski definition) is 1. The lowest BCUT2D eigenvalue weighted by atomic mass is 9.82. The topological polar surface area (TPSA) is 29.3 Å². The van der Waals surface area contributed by atoms with Gasteiger partial charge in [0.25, 0.3) is 0 Å². The highest BCUT2D eigenvalue weighted by molar-refractivity contribution is 4.90. The van der Waals surface area contributed by atoms with Crippen LogP contribution in [0.1, 0.15) is 39.0 Å². The molecule has 13 heavy (non-hydrogen) atoms. The lowest BCUT2D eigenvalue weighted by Crippen LogP contribution is -2.60. The van der Waals surface area contributed by atoms with Gasteiger partial charge in [-0.1, -0.05) is 26.2 Å². The van der Waals surface area contributed by atoms with Crippen LogP contribution in [0.15, 0.2) is 0 Å². The van der Waals surface area contributed by atoms with Gasteiger partial charge in [-0.25, -0.2) is 0 Å². The van der Waals surface area contributed by atoms with Gasteiger partial charge in [-0.2, -0.15) is 0 Å². The maximum Gasteiger partial charge on any atom is 0.0297 e. The fraction of sp³-hybridized carbons (Fsp3) is 1.00. The average Bonchev–Trinajstić information content (AvgIpc) is 2.13. The van der Waals surface area contributed by atoms with E-state index in [0.29, 0.717) is 6.04 Å². The standard InChI is InChI=1S/C11H22N2/c1-2-9-4-3-5-11(6-9)13-7-10(12)8-13/h9-11H,2-8,12H2,1H3. The molecule has 1 aliphatic carbocycles. The Morgan fingerprint density at radius 2 is 2.08 bits per heavy atom. The van der Waals surface area contributed by atoms with E-state index in [1.165, 1.54) is 32.1 Å². The summed E-state index contributed by atoms with van der Waals surface area (Å²) in [5.74, 6) is 0.996. The zero-order chi connectivity index (χ0) is 9.26. The van der Waals surface area contributed by atoms with Gasteiger partial charge in [0, 0.05) is 25.2 Å². The molecule has 1 saturated heterocycles. The molecule has 0 radical (unpaired) electrons. The lowest BCUT2D eigenvalue weighted by molar-refractivity contribution is 0.0561. The van der Waals surface area contributed by atoms with Crippen LogP contribution in [0.2, 0.25) is 0 Å². The number of rotatable bonds is 2. The zero-order valence-corrected chi connectivity index (χ0v) is 8.71. The Balaban J connectivity index is 1.79. The smallest absolute Gasteiger partial charge is 0.0297 e. The van der Waals surface area contributed by atoms with Crippen molar-refractivity contribution in [1.29, 1.82) is 0 Å². The quantitative estimate of drug-likeness (QED) is 0.703. The van der Waals surface area contributed by atoms with Gasteiger partial charge in [-0.05, 0) is 18.8 Å². The van der Waals surface area contributed by atoms with Crippen LogP contribution in [0.3, 0.4) is 0 Å². The van der Waals surface area contributed by atoms with Gasteiger partial charge in [-0.15, -0.1) is 0 Å². The van der Waals surface area contributed by atoms with Gasteiger partial charge in [0.05, 0.1) is 0 Å². The monoisotopic (exact) mass is 182 g/mol. The van der Waals surface area contributed by atoms with Crippen molar-refractivity contribution in [3.63, 3.8) is 0 Å². The highest BCUT2D eigenvalue weighted by atomic mass is 15.2. The number of nitrogens with two attached hydrogens (primary N) is 1. The van der Waals surface area contributed by atoms with Crippen LogP contribution in [0, 0.1) is 5.92 Å². The first-order valence-corrected chi connectivity index (χ1v) is 5.79. The molecule has 0 amide bonds. The summed E-state index contributed by atoms with van der Waals surface area (Å²) in [6.07, 6.45) is 7.13. The zero-order valence-electron chi connectivity index (χ0n) is 8.71. The second-order valence-corrected chi connectivity index (χ2v) is 4.81. The Bertz CT molecular complexity index is 163. The Labute approximate surface area is 81.5 Å². The van der Waals surface area contributed by atoms with E-state index in [0.717, 1.165) is 25.0 Å². The predicted octanol–water partition coefficient (Wildman–Crippen LogP) is 1.60. The minimum Gasteiger partial charge on any atom is -0.325 e. The van der Waals surface area contributed by atoms with E-state index in [1.54, 1.807) is 0 Å². The molecule has 2 aliphatic rings. The highest BCUT2D eigenvalue weighted by Gasteiger charge is 2.32. The first kappa shape index (κ1) is 9.47. The second-order valence-electron chi connectivity index (χ2n) is 4.81. The summed E-state index contributed by atoms with van der Waals surface area (Å²) < 4.78 is 0. The van der Waals surface area contributed by atoms with Gasteiger partial charge in [0.1, 0.15) is 0 Å². The first-order chi connectivity index (χ1) is 6.29. The van der Waals surface area contributed by atoms with Crippen molar-refractivity contribution in [1.82, 2.24) is 4.90 Å². The Morgan fingerprint density at radius 3 is 2.69 bits per heavy atom. The largest absolute Gasteiger partial charge is 0.325 e. The Hall–Kier alpha value is -0.0800. The van der Waals surface area contributed by atoms with E-state index in [4.69, 9.17) is 5.73 Å². The van der Waals surface area contributed by atoms with Crippen molar-refractivity contribution in [2.45, 2.75) is 51.1 Å². The molecule has 2 fully saturated rings. The van der Waals surface area contributed by atoms with Crippen molar-refractivity contribution >= 4 is 0 Å². The van der Waals surface area contributed by atoms with Crippen molar-refractivity contribution in [2.24, 2.45) is 11.7 Å². The van der Waals surface area contributed by atoms with Gasteiger partial charge in [0.15, 0.2) is 0 Å². The van der Waals surface area contributed by atoms with E-state index in [1.807, 2.05) is 0 Å². The summed E-state index contributed by atoms with van der Waals surface area (Å²) in [7, 11) is 0. The second kappa shape index (κ2) is 3.97. The molecule has 0 aromatic carbocycles. The minimum absolute atomic E-state index is 0.474. The molecule has 2 rings (SSSR count). The number of hydrogen-bond acceptors (Lipinski definition) is 2. The molecule has 1 saturated carbocycles. The third-order valence-corrected chi connectivity index (χ3v) is 3.79. The van der Waals surface area contributed by atoms with E-state index in [9.17, 15) is 0 Å². The van der Waals surface area contributed by atoms with Crippen LogP contribution in [0.5, 0.6) is 0 Å². The number of nitrogens with zero attached hydrogens (tertiary/aromatic N) is 1. The van der Waals surface area contributed by atoms with Crippen molar-refractivity contribution in [3.8, 4) is 0 Å². The molecule has 76 valence electrons. The molecule has 2 atom stereocenters. The van der Waals surface area contributed by atoms with E-state index >= 15 is 0 Å². The normalized spacial score (nSPS) is 37.4. The molecule has 0 aromatic heterocycles. The van der Waals surface area contributed by atoms with Crippen molar-refractivity contribution in [2.75, 3.05) is 13.1 Å². The lowest BCUT2D eigenvalue weighted by Gasteiger charge is -2.45. The van der Waals surface area contributed by atoms with Crippen LogP contribution in [0.4, 0.5) is 0 Å².